The Kier molecular flexibility index (Phi) is 3.41. The molecule has 1 aromatic heterocycles. The summed E-state index contributed by atoms with van der Waals surface area (Å²) >= 11 is 0. The fraction of sp³-hybridized carbons (Fsp3) is 0.583. The van der Waals surface area contributed by atoms with Gasteiger partial charge in [-0.05, 0) is 19.8 Å². The molecule has 1 saturated carbocycles. The minimum absolute atomic E-state index is 0.00515. The molecule has 18 heavy (non-hydrogen) atoms. The third-order valence-corrected chi connectivity index (χ3v) is 3.12. The lowest BCUT2D eigenvalue weighted by Crippen LogP contribution is -2.32. The first-order valence-electron chi connectivity index (χ1n) is 5.88. The molecule has 1 aliphatic carbocycles. The van der Waals surface area contributed by atoms with Gasteiger partial charge >= 0.3 is 0 Å². The first kappa shape index (κ1) is 12.7. The molecular formula is C12H14F2N4. The Bertz CT molecular complexity index is 471. The summed E-state index contributed by atoms with van der Waals surface area (Å²) in [6.07, 6.45) is 2.05. The standard InChI is InChI=1S/C12H14F2N4/c1-8-11(16-7-10(6-15)17-8)18-9-2-4-12(13,14)5-3-9/h7,9H,2-5H2,1H3,(H,16,18). The van der Waals surface area contributed by atoms with Crippen LogP contribution < -0.4 is 5.32 Å². The number of aryl methyl sites for hydroxylation is 1. The molecule has 1 heterocycles. The van der Waals surface area contributed by atoms with Gasteiger partial charge in [0.25, 0.3) is 0 Å². The molecule has 0 saturated heterocycles. The van der Waals surface area contributed by atoms with Gasteiger partial charge in [-0.25, -0.2) is 18.7 Å². The number of alkyl halides is 2. The van der Waals surface area contributed by atoms with Crippen LogP contribution in [0.15, 0.2) is 6.20 Å². The van der Waals surface area contributed by atoms with E-state index >= 15 is 0 Å². The maximum atomic E-state index is 13.0. The van der Waals surface area contributed by atoms with Gasteiger partial charge < -0.3 is 5.32 Å². The summed E-state index contributed by atoms with van der Waals surface area (Å²) in [5, 5.41) is 11.8. The van der Waals surface area contributed by atoms with Crippen LogP contribution in [0.2, 0.25) is 0 Å². The van der Waals surface area contributed by atoms with Crippen LogP contribution in [-0.2, 0) is 0 Å². The molecule has 0 aromatic carbocycles. The Morgan fingerprint density at radius 3 is 2.67 bits per heavy atom. The number of rotatable bonds is 2. The molecular weight excluding hydrogens is 238 g/mol. The Hall–Kier alpha value is -1.77. The average Bonchev–Trinajstić information content (AvgIpc) is 2.34. The zero-order valence-corrected chi connectivity index (χ0v) is 10.1. The number of nitriles is 1. The summed E-state index contributed by atoms with van der Waals surface area (Å²) in [5.74, 6) is -1.95. The van der Waals surface area contributed by atoms with E-state index in [1.165, 1.54) is 6.20 Å². The van der Waals surface area contributed by atoms with E-state index in [4.69, 9.17) is 5.26 Å². The number of hydrogen-bond acceptors (Lipinski definition) is 4. The minimum Gasteiger partial charge on any atom is -0.366 e. The van der Waals surface area contributed by atoms with Crippen molar-refractivity contribution in [2.45, 2.75) is 44.6 Å². The van der Waals surface area contributed by atoms with Gasteiger partial charge in [0.15, 0.2) is 5.69 Å². The molecule has 1 fully saturated rings. The summed E-state index contributed by atoms with van der Waals surface area (Å²) in [5.41, 5.74) is 0.875. The van der Waals surface area contributed by atoms with Crippen molar-refractivity contribution in [2.75, 3.05) is 5.32 Å². The predicted molar refractivity (Wildman–Crippen MR) is 62.3 cm³/mol. The Balaban J connectivity index is 2.01. The Morgan fingerprint density at radius 2 is 2.11 bits per heavy atom. The maximum absolute atomic E-state index is 13.0. The summed E-state index contributed by atoms with van der Waals surface area (Å²) in [4.78, 5) is 8.15. The lowest BCUT2D eigenvalue weighted by molar-refractivity contribution is -0.0361. The van der Waals surface area contributed by atoms with Crippen molar-refractivity contribution in [3.8, 4) is 6.07 Å². The summed E-state index contributed by atoms with van der Waals surface area (Å²) in [6.45, 7) is 1.74. The van der Waals surface area contributed by atoms with E-state index in [0.717, 1.165) is 0 Å². The fourth-order valence-electron chi connectivity index (χ4n) is 2.06. The van der Waals surface area contributed by atoms with E-state index in [2.05, 4.69) is 15.3 Å². The number of anilines is 1. The normalized spacial score (nSPS) is 19.2. The van der Waals surface area contributed by atoms with Gasteiger partial charge in [0, 0.05) is 18.9 Å². The van der Waals surface area contributed by atoms with Crippen molar-refractivity contribution >= 4 is 5.82 Å². The van der Waals surface area contributed by atoms with E-state index in [0.29, 0.717) is 24.4 Å². The van der Waals surface area contributed by atoms with Crippen molar-refractivity contribution in [1.82, 2.24) is 9.97 Å². The molecule has 0 spiro atoms. The van der Waals surface area contributed by atoms with Crippen LogP contribution in [0, 0.1) is 18.3 Å². The van der Waals surface area contributed by atoms with Gasteiger partial charge in [-0.15, -0.1) is 0 Å². The van der Waals surface area contributed by atoms with Crippen LogP contribution in [0.3, 0.4) is 0 Å². The van der Waals surface area contributed by atoms with Crippen LogP contribution in [0.25, 0.3) is 0 Å². The number of nitrogens with one attached hydrogen (secondary N) is 1. The van der Waals surface area contributed by atoms with E-state index in [1.807, 2.05) is 6.07 Å². The predicted octanol–water partition coefficient (Wildman–Crippen LogP) is 2.65. The van der Waals surface area contributed by atoms with Crippen LogP contribution in [0.5, 0.6) is 0 Å². The fourth-order valence-corrected chi connectivity index (χ4v) is 2.06. The quantitative estimate of drug-likeness (QED) is 0.879. The lowest BCUT2D eigenvalue weighted by Gasteiger charge is -2.29. The molecule has 1 aliphatic rings. The van der Waals surface area contributed by atoms with Crippen LogP contribution in [0.4, 0.5) is 14.6 Å². The first-order chi connectivity index (χ1) is 8.50. The van der Waals surface area contributed by atoms with Crippen molar-refractivity contribution in [1.29, 1.82) is 5.26 Å². The monoisotopic (exact) mass is 252 g/mol. The van der Waals surface area contributed by atoms with Gasteiger partial charge in [-0.3, -0.25) is 0 Å². The smallest absolute Gasteiger partial charge is 0.248 e. The molecule has 4 nitrogen and oxygen atoms in total. The molecule has 96 valence electrons. The lowest BCUT2D eigenvalue weighted by atomic mass is 9.92. The van der Waals surface area contributed by atoms with Crippen LogP contribution in [0.1, 0.15) is 37.1 Å². The molecule has 0 aliphatic heterocycles. The highest BCUT2D eigenvalue weighted by atomic mass is 19.3. The number of aromatic nitrogens is 2. The molecule has 0 bridgehead atoms. The highest BCUT2D eigenvalue weighted by Crippen LogP contribution is 2.34. The summed E-state index contributed by atoms with van der Waals surface area (Å²) in [6, 6.07) is 1.91. The Labute approximate surface area is 104 Å². The molecule has 0 unspecified atom stereocenters. The van der Waals surface area contributed by atoms with Crippen molar-refractivity contribution in [3.05, 3.63) is 17.6 Å². The largest absolute Gasteiger partial charge is 0.366 e. The molecule has 6 heteroatoms. The van der Waals surface area contributed by atoms with E-state index in [1.54, 1.807) is 6.92 Å². The second kappa shape index (κ2) is 4.84. The Morgan fingerprint density at radius 1 is 1.44 bits per heavy atom. The van der Waals surface area contributed by atoms with Crippen molar-refractivity contribution in [2.24, 2.45) is 0 Å². The van der Waals surface area contributed by atoms with Crippen LogP contribution in [-0.4, -0.2) is 21.9 Å². The van der Waals surface area contributed by atoms with Gasteiger partial charge in [-0.2, -0.15) is 5.26 Å². The van der Waals surface area contributed by atoms with Crippen molar-refractivity contribution in [3.63, 3.8) is 0 Å². The van der Waals surface area contributed by atoms with E-state index in [9.17, 15) is 8.78 Å². The first-order valence-corrected chi connectivity index (χ1v) is 5.88. The topological polar surface area (TPSA) is 61.6 Å². The van der Waals surface area contributed by atoms with E-state index < -0.39 is 5.92 Å². The number of halogens is 2. The van der Waals surface area contributed by atoms with Crippen LogP contribution >= 0.6 is 0 Å². The van der Waals surface area contributed by atoms with Gasteiger partial charge in [-0.1, -0.05) is 0 Å². The average molecular weight is 252 g/mol. The molecule has 1 N–H and O–H groups in total. The molecule has 1 aromatic rings. The SMILES string of the molecule is Cc1nc(C#N)cnc1NC1CCC(F)(F)CC1. The maximum Gasteiger partial charge on any atom is 0.248 e. The summed E-state index contributed by atoms with van der Waals surface area (Å²) in [7, 11) is 0. The third-order valence-electron chi connectivity index (χ3n) is 3.12. The number of hydrogen-bond donors (Lipinski definition) is 1. The highest BCUT2D eigenvalue weighted by molar-refractivity contribution is 5.41. The van der Waals surface area contributed by atoms with Crippen molar-refractivity contribution < 1.29 is 8.78 Å². The van der Waals surface area contributed by atoms with Gasteiger partial charge in [0.1, 0.15) is 11.9 Å². The van der Waals surface area contributed by atoms with E-state index in [-0.39, 0.29) is 24.6 Å². The third kappa shape index (κ3) is 2.92. The zero-order chi connectivity index (χ0) is 13.2. The van der Waals surface area contributed by atoms with Gasteiger partial charge in [0.05, 0.1) is 11.9 Å². The molecule has 0 amide bonds. The molecule has 0 radical (unpaired) electrons. The van der Waals surface area contributed by atoms with Gasteiger partial charge in [0.2, 0.25) is 5.92 Å². The zero-order valence-electron chi connectivity index (χ0n) is 10.1. The second-order valence-corrected chi connectivity index (χ2v) is 4.58. The highest BCUT2D eigenvalue weighted by Gasteiger charge is 2.35. The number of nitrogens with zero attached hydrogens (tertiary/aromatic N) is 3. The molecule has 2 rings (SSSR count). The molecule has 0 atom stereocenters. The summed E-state index contributed by atoms with van der Waals surface area (Å²) < 4.78 is 26.0. The minimum atomic E-state index is -2.52. The second-order valence-electron chi connectivity index (χ2n) is 4.58.